The van der Waals surface area contributed by atoms with E-state index in [-0.39, 0.29) is 5.91 Å². The first-order valence-electron chi connectivity index (χ1n) is 7.62. The van der Waals surface area contributed by atoms with Crippen LogP contribution in [0.15, 0.2) is 12.1 Å². The number of carbonyl (C=O) groups is 1. The molecular formula is C15H24N4O3S. The van der Waals surface area contributed by atoms with Crippen molar-refractivity contribution in [2.75, 3.05) is 37.3 Å². The number of anilines is 1. The second-order valence-electron chi connectivity index (χ2n) is 6.03. The Balaban J connectivity index is 1.96. The molecule has 0 unspecified atom stereocenters. The first kappa shape index (κ1) is 17.7. The van der Waals surface area contributed by atoms with Gasteiger partial charge in [0, 0.05) is 43.3 Å². The van der Waals surface area contributed by atoms with Crippen molar-refractivity contribution >= 4 is 21.6 Å². The minimum Gasteiger partial charge on any atom is -0.368 e. The van der Waals surface area contributed by atoms with Crippen molar-refractivity contribution < 1.29 is 13.2 Å². The van der Waals surface area contributed by atoms with Gasteiger partial charge in [-0.05, 0) is 32.9 Å². The predicted octanol–water partition coefficient (Wildman–Crippen LogP) is 0.285. The number of aryl methyl sites for hydroxylation is 2. The molecule has 0 aromatic carbocycles. The molecule has 1 aliphatic rings. The van der Waals surface area contributed by atoms with Gasteiger partial charge in [0.05, 0.1) is 12.3 Å². The van der Waals surface area contributed by atoms with Gasteiger partial charge >= 0.3 is 0 Å². The second-order valence-corrected chi connectivity index (χ2v) is 7.81. The molecule has 0 spiro atoms. The Bertz CT molecular complexity index is 662. The SMILES string of the molecule is Cc1cc(N2CCN(C(=O)[C@H](C)NS(C)(=O)=O)CC2)cc(C)n1. The summed E-state index contributed by atoms with van der Waals surface area (Å²) in [6.07, 6.45) is 1.06. The predicted molar refractivity (Wildman–Crippen MR) is 89.9 cm³/mol. The molecule has 2 heterocycles. The standard InChI is InChI=1S/C15H24N4O3S/c1-11-9-14(10-12(2)16-11)18-5-7-19(8-6-18)15(20)13(3)17-23(4,21)22/h9-10,13,17H,5-8H2,1-4H3/t13-/m0/s1. The zero-order valence-corrected chi connectivity index (χ0v) is 14.9. The fourth-order valence-corrected chi connectivity index (χ4v) is 3.57. The summed E-state index contributed by atoms with van der Waals surface area (Å²) < 4.78 is 24.8. The van der Waals surface area contributed by atoms with E-state index in [9.17, 15) is 13.2 Å². The third-order valence-corrected chi connectivity index (χ3v) is 4.57. The number of hydrogen-bond donors (Lipinski definition) is 1. The van der Waals surface area contributed by atoms with Crippen molar-refractivity contribution in [1.82, 2.24) is 14.6 Å². The number of sulfonamides is 1. The summed E-state index contributed by atoms with van der Waals surface area (Å²) in [6.45, 7) is 8.11. The summed E-state index contributed by atoms with van der Waals surface area (Å²) in [5.74, 6) is -0.183. The number of nitrogens with zero attached hydrogens (tertiary/aromatic N) is 3. The summed E-state index contributed by atoms with van der Waals surface area (Å²) in [4.78, 5) is 20.6. The van der Waals surface area contributed by atoms with E-state index in [0.717, 1.165) is 36.4 Å². The van der Waals surface area contributed by atoms with E-state index >= 15 is 0 Å². The van der Waals surface area contributed by atoms with Crippen LogP contribution in [0.1, 0.15) is 18.3 Å². The monoisotopic (exact) mass is 340 g/mol. The molecule has 1 N–H and O–H groups in total. The average Bonchev–Trinajstić information content (AvgIpc) is 2.44. The Morgan fingerprint density at radius 3 is 2.17 bits per heavy atom. The third-order valence-electron chi connectivity index (χ3n) is 3.78. The van der Waals surface area contributed by atoms with Crippen LogP contribution in [0, 0.1) is 13.8 Å². The molecule has 1 atom stereocenters. The molecule has 8 heteroatoms. The largest absolute Gasteiger partial charge is 0.368 e. The van der Waals surface area contributed by atoms with Crippen LogP contribution < -0.4 is 9.62 Å². The smallest absolute Gasteiger partial charge is 0.240 e. The normalized spacial score (nSPS) is 17.2. The molecule has 128 valence electrons. The highest BCUT2D eigenvalue weighted by molar-refractivity contribution is 7.88. The highest BCUT2D eigenvalue weighted by Gasteiger charge is 2.26. The van der Waals surface area contributed by atoms with Crippen molar-refractivity contribution in [1.29, 1.82) is 0 Å². The minimum absolute atomic E-state index is 0.183. The first-order valence-corrected chi connectivity index (χ1v) is 9.51. The van der Waals surface area contributed by atoms with Crippen LogP contribution in [0.5, 0.6) is 0 Å². The summed E-state index contributed by atoms with van der Waals surface area (Å²) >= 11 is 0. The Hall–Kier alpha value is -1.67. The number of nitrogens with one attached hydrogen (secondary N) is 1. The van der Waals surface area contributed by atoms with Gasteiger partial charge in [0.25, 0.3) is 0 Å². The van der Waals surface area contributed by atoms with Gasteiger partial charge in [0.2, 0.25) is 15.9 Å². The zero-order chi connectivity index (χ0) is 17.2. The van der Waals surface area contributed by atoms with Crippen LogP contribution in [0.3, 0.4) is 0 Å². The number of piperazine rings is 1. The minimum atomic E-state index is -3.39. The maximum atomic E-state index is 12.3. The molecule has 0 saturated carbocycles. The topological polar surface area (TPSA) is 82.6 Å². The van der Waals surface area contributed by atoms with Crippen molar-refractivity contribution in [2.45, 2.75) is 26.8 Å². The lowest BCUT2D eigenvalue weighted by molar-refractivity contribution is -0.132. The van der Waals surface area contributed by atoms with Crippen LogP contribution in [0.4, 0.5) is 5.69 Å². The summed E-state index contributed by atoms with van der Waals surface area (Å²) in [6, 6.07) is 3.35. The van der Waals surface area contributed by atoms with Crippen LogP contribution in [-0.2, 0) is 14.8 Å². The number of hydrogen-bond acceptors (Lipinski definition) is 5. The molecule has 1 aromatic rings. The van der Waals surface area contributed by atoms with E-state index in [2.05, 4.69) is 14.6 Å². The Kier molecular flexibility index (Phi) is 5.26. The molecule has 7 nitrogen and oxygen atoms in total. The zero-order valence-electron chi connectivity index (χ0n) is 14.0. The Morgan fingerprint density at radius 1 is 1.17 bits per heavy atom. The van der Waals surface area contributed by atoms with E-state index in [1.165, 1.54) is 0 Å². The number of aromatic nitrogens is 1. The first-order chi connectivity index (χ1) is 10.7. The van der Waals surface area contributed by atoms with Crippen LogP contribution in [0.25, 0.3) is 0 Å². The summed E-state index contributed by atoms with van der Waals surface area (Å²) in [5, 5.41) is 0. The van der Waals surface area contributed by atoms with Crippen LogP contribution in [0.2, 0.25) is 0 Å². The fraction of sp³-hybridized carbons (Fsp3) is 0.600. The molecule has 1 saturated heterocycles. The molecule has 1 fully saturated rings. The molecule has 1 aromatic heterocycles. The lowest BCUT2D eigenvalue weighted by atomic mass is 10.2. The third kappa shape index (κ3) is 4.90. The van der Waals surface area contributed by atoms with Crippen molar-refractivity contribution in [3.8, 4) is 0 Å². The molecular weight excluding hydrogens is 316 g/mol. The average molecular weight is 340 g/mol. The van der Waals surface area contributed by atoms with E-state index in [1.807, 2.05) is 26.0 Å². The van der Waals surface area contributed by atoms with Gasteiger partial charge in [0.15, 0.2) is 0 Å². The van der Waals surface area contributed by atoms with Crippen molar-refractivity contribution in [3.05, 3.63) is 23.5 Å². The molecule has 0 radical (unpaired) electrons. The number of rotatable bonds is 4. The van der Waals surface area contributed by atoms with Crippen molar-refractivity contribution in [2.24, 2.45) is 0 Å². The molecule has 1 aliphatic heterocycles. The second kappa shape index (κ2) is 6.84. The maximum Gasteiger partial charge on any atom is 0.240 e. The Morgan fingerprint density at radius 2 is 1.70 bits per heavy atom. The molecule has 0 aliphatic carbocycles. The van der Waals surface area contributed by atoms with E-state index in [0.29, 0.717) is 13.1 Å². The summed E-state index contributed by atoms with van der Waals surface area (Å²) in [5.41, 5.74) is 3.07. The van der Waals surface area contributed by atoms with Gasteiger partial charge in [-0.3, -0.25) is 9.78 Å². The quantitative estimate of drug-likeness (QED) is 0.852. The van der Waals surface area contributed by atoms with Gasteiger partial charge < -0.3 is 9.80 Å². The lowest BCUT2D eigenvalue weighted by Crippen LogP contribution is -2.54. The Labute approximate surface area is 137 Å². The molecule has 1 amide bonds. The summed E-state index contributed by atoms with van der Waals surface area (Å²) in [7, 11) is -3.39. The molecule has 23 heavy (non-hydrogen) atoms. The number of amides is 1. The fourth-order valence-electron chi connectivity index (χ4n) is 2.83. The van der Waals surface area contributed by atoms with E-state index < -0.39 is 16.1 Å². The number of pyridine rings is 1. The van der Waals surface area contributed by atoms with Gasteiger partial charge in [0.1, 0.15) is 0 Å². The highest BCUT2D eigenvalue weighted by Crippen LogP contribution is 2.18. The van der Waals surface area contributed by atoms with Gasteiger partial charge in [-0.15, -0.1) is 0 Å². The number of carbonyl (C=O) groups excluding carboxylic acids is 1. The van der Waals surface area contributed by atoms with Gasteiger partial charge in [-0.25, -0.2) is 13.1 Å². The van der Waals surface area contributed by atoms with E-state index in [1.54, 1.807) is 11.8 Å². The maximum absolute atomic E-state index is 12.3. The molecule has 2 rings (SSSR count). The molecule has 0 bridgehead atoms. The van der Waals surface area contributed by atoms with Gasteiger partial charge in [-0.2, -0.15) is 0 Å². The van der Waals surface area contributed by atoms with Crippen molar-refractivity contribution in [3.63, 3.8) is 0 Å². The lowest BCUT2D eigenvalue weighted by Gasteiger charge is -2.37. The van der Waals surface area contributed by atoms with Crippen LogP contribution in [-0.4, -0.2) is 62.7 Å². The highest BCUT2D eigenvalue weighted by atomic mass is 32.2. The van der Waals surface area contributed by atoms with Gasteiger partial charge in [-0.1, -0.05) is 0 Å². The van der Waals surface area contributed by atoms with Crippen LogP contribution >= 0.6 is 0 Å². The van der Waals surface area contributed by atoms with E-state index in [4.69, 9.17) is 0 Å².